The second kappa shape index (κ2) is 7.52. The van der Waals surface area contributed by atoms with Gasteiger partial charge in [0.25, 0.3) is 0 Å². The van der Waals surface area contributed by atoms with E-state index in [9.17, 15) is 13.9 Å². The first-order valence-corrected chi connectivity index (χ1v) is 8.87. The smallest absolute Gasteiger partial charge is 0.238 e. The van der Waals surface area contributed by atoms with Crippen molar-refractivity contribution in [2.75, 3.05) is 7.11 Å². The number of methoxy groups -OCH3 is 1. The average molecular weight is 396 g/mol. The molecule has 0 saturated heterocycles. The minimum Gasteiger partial charge on any atom is -0.479 e. The van der Waals surface area contributed by atoms with E-state index in [1.54, 1.807) is 31.5 Å². The third-order valence-corrected chi connectivity index (χ3v) is 4.68. The first kappa shape index (κ1) is 18.9. The molecule has 4 rings (SSSR count). The highest BCUT2D eigenvalue weighted by Crippen LogP contribution is 2.40. The Morgan fingerprint density at radius 2 is 1.83 bits per heavy atom. The summed E-state index contributed by atoms with van der Waals surface area (Å²) in [6.07, 6.45) is 3.53. The van der Waals surface area contributed by atoms with Crippen LogP contribution in [0.5, 0.6) is 17.4 Å². The van der Waals surface area contributed by atoms with Gasteiger partial charge in [-0.15, -0.1) is 0 Å². The number of aliphatic hydroxyl groups excluding tert-OH is 1. The molecule has 5 nitrogen and oxygen atoms in total. The molecule has 2 aromatic carbocycles. The lowest BCUT2D eigenvalue weighted by atomic mass is 10.0. The van der Waals surface area contributed by atoms with E-state index in [0.717, 1.165) is 28.6 Å². The molecule has 2 aromatic heterocycles. The average Bonchev–Trinajstić information content (AvgIpc) is 3.07. The summed E-state index contributed by atoms with van der Waals surface area (Å²) in [5.74, 6) is -0.730. The number of hydrogen-bond donors (Lipinski definition) is 1. The van der Waals surface area contributed by atoms with Crippen molar-refractivity contribution >= 4 is 10.9 Å². The Labute approximate surface area is 165 Å². The van der Waals surface area contributed by atoms with Crippen molar-refractivity contribution < 1.29 is 23.4 Å². The van der Waals surface area contributed by atoms with Gasteiger partial charge in [-0.3, -0.25) is 0 Å². The topological polar surface area (TPSA) is 56.5 Å². The lowest BCUT2D eigenvalue weighted by Crippen LogP contribution is -1.94. The second-order valence-corrected chi connectivity index (χ2v) is 6.54. The minimum absolute atomic E-state index is 0.0936. The quantitative estimate of drug-likeness (QED) is 0.526. The Hall–Kier alpha value is -3.45. The molecule has 0 bridgehead atoms. The van der Waals surface area contributed by atoms with Crippen molar-refractivity contribution in [2.45, 2.75) is 6.61 Å². The Kier molecular flexibility index (Phi) is 4.90. The van der Waals surface area contributed by atoms with Gasteiger partial charge in [-0.05, 0) is 35.9 Å². The van der Waals surface area contributed by atoms with Crippen LogP contribution in [-0.2, 0) is 13.7 Å². The van der Waals surface area contributed by atoms with Gasteiger partial charge in [0.05, 0.1) is 13.7 Å². The molecule has 2 heterocycles. The molecule has 0 aliphatic heterocycles. The van der Waals surface area contributed by atoms with Crippen LogP contribution < -0.4 is 9.47 Å². The Bertz CT molecular complexity index is 1200. The maximum absolute atomic E-state index is 14.1. The number of nitrogens with zero attached hydrogens (tertiary/aromatic N) is 2. The monoisotopic (exact) mass is 396 g/mol. The number of benzene rings is 2. The largest absolute Gasteiger partial charge is 0.479 e. The van der Waals surface area contributed by atoms with Gasteiger partial charge in [-0.2, -0.15) is 0 Å². The summed E-state index contributed by atoms with van der Waals surface area (Å²) in [5.41, 5.74) is 2.92. The first-order valence-electron chi connectivity index (χ1n) is 8.87. The number of halogens is 2. The van der Waals surface area contributed by atoms with Crippen molar-refractivity contribution in [1.82, 2.24) is 9.55 Å². The maximum atomic E-state index is 14.1. The van der Waals surface area contributed by atoms with Gasteiger partial charge >= 0.3 is 0 Å². The zero-order chi connectivity index (χ0) is 20.5. The number of aryl methyl sites for hydroxylation is 1. The fourth-order valence-electron chi connectivity index (χ4n) is 3.34. The van der Waals surface area contributed by atoms with Crippen molar-refractivity contribution in [2.24, 2.45) is 7.05 Å². The van der Waals surface area contributed by atoms with E-state index in [4.69, 9.17) is 9.47 Å². The van der Waals surface area contributed by atoms with Crippen LogP contribution in [0, 0.1) is 11.6 Å². The van der Waals surface area contributed by atoms with Crippen molar-refractivity contribution in [1.29, 1.82) is 0 Å². The van der Waals surface area contributed by atoms with Crippen LogP contribution in [0.3, 0.4) is 0 Å². The van der Waals surface area contributed by atoms with Crippen LogP contribution >= 0.6 is 0 Å². The van der Waals surface area contributed by atoms with Crippen LogP contribution in [0.4, 0.5) is 8.78 Å². The normalized spacial score (nSPS) is 11.1. The molecule has 0 unspecified atom stereocenters. The van der Waals surface area contributed by atoms with E-state index < -0.39 is 11.6 Å². The predicted molar refractivity (Wildman–Crippen MR) is 105 cm³/mol. The minimum atomic E-state index is -0.800. The molecule has 0 saturated carbocycles. The summed E-state index contributed by atoms with van der Waals surface area (Å²) in [6, 6.07) is 10.1. The molecule has 0 fully saturated rings. The molecule has 0 aliphatic carbocycles. The highest BCUT2D eigenvalue weighted by atomic mass is 19.1. The summed E-state index contributed by atoms with van der Waals surface area (Å²) >= 11 is 0. The number of aliphatic hydroxyl groups is 1. The summed E-state index contributed by atoms with van der Waals surface area (Å²) < 4.78 is 40.4. The molecular formula is C22H18F2N2O3. The number of fused-ring (bicyclic) bond motifs is 1. The first-order chi connectivity index (χ1) is 14.0. The summed E-state index contributed by atoms with van der Waals surface area (Å²) in [4.78, 5) is 4.24. The van der Waals surface area contributed by atoms with Crippen LogP contribution in [0.15, 0.2) is 54.9 Å². The van der Waals surface area contributed by atoms with Crippen molar-refractivity contribution in [3.05, 3.63) is 72.1 Å². The zero-order valence-corrected chi connectivity index (χ0v) is 15.8. The third-order valence-electron chi connectivity index (χ3n) is 4.68. The van der Waals surface area contributed by atoms with Gasteiger partial charge in [-0.25, -0.2) is 13.8 Å². The highest BCUT2D eigenvalue weighted by Gasteiger charge is 2.18. The van der Waals surface area contributed by atoms with Gasteiger partial charge in [0.15, 0.2) is 11.6 Å². The second-order valence-electron chi connectivity index (χ2n) is 6.54. The SMILES string of the molecule is COc1nccc2c(-c3cc(CO)ccc3Oc3ccc(F)cc3F)cn(C)c12. The molecule has 29 heavy (non-hydrogen) atoms. The zero-order valence-electron chi connectivity index (χ0n) is 15.8. The molecule has 0 aliphatic rings. The van der Waals surface area contributed by atoms with E-state index in [2.05, 4.69) is 4.98 Å². The molecule has 0 amide bonds. The number of aromatic nitrogens is 2. The van der Waals surface area contributed by atoms with Gasteiger partial charge in [0.2, 0.25) is 5.88 Å². The van der Waals surface area contributed by atoms with Gasteiger partial charge in [-0.1, -0.05) is 6.07 Å². The molecule has 7 heteroatoms. The Balaban J connectivity index is 1.90. The van der Waals surface area contributed by atoms with E-state index in [1.165, 1.54) is 6.07 Å². The molecule has 0 radical (unpaired) electrons. The lowest BCUT2D eigenvalue weighted by Gasteiger charge is -2.13. The van der Waals surface area contributed by atoms with Crippen LogP contribution in [0.25, 0.3) is 22.0 Å². The molecule has 0 spiro atoms. The fraction of sp³-hybridized carbons (Fsp3) is 0.136. The molecule has 1 N–H and O–H groups in total. The van der Waals surface area contributed by atoms with Gasteiger partial charge in [0, 0.05) is 42.0 Å². The van der Waals surface area contributed by atoms with Crippen LogP contribution in [0.1, 0.15) is 5.56 Å². The van der Waals surface area contributed by atoms with Crippen LogP contribution in [-0.4, -0.2) is 21.8 Å². The molecule has 4 aromatic rings. The van der Waals surface area contributed by atoms with Crippen molar-refractivity contribution in [3.63, 3.8) is 0 Å². The Morgan fingerprint density at radius 3 is 2.55 bits per heavy atom. The van der Waals surface area contributed by atoms with Gasteiger partial charge in [0.1, 0.15) is 17.1 Å². The molecular weight excluding hydrogens is 378 g/mol. The predicted octanol–water partition coefficient (Wildman–Crippen LogP) is 4.81. The van der Waals surface area contributed by atoms with E-state index in [-0.39, 0.29) is 12.4 Å². The Morgan fingerprint density at radius 1 is 1.03 bits per heavy atom. The standard InChI is InChI=1S/C22H18F2N2O3/c1-26-11-17(15-7-8-25-22(28-2)21(15)26)16-9-13(12-27)3-5-19(16)29-20-6-4-14(23)10-18(20)24/h3-11,27H,12H2,1-2H3. The van der Waals surface area contributed by atoms with Crippen molar-refractivity contribution in [3.8, 4) is 28.5 Å². The van der Waals surface area contributed by atoms with E-state index in [1.807, 2.05) is 23.9 Å². The third kappa shape index (κ3) is 3.40. The summed E-state index contributed by atoms with van der Waals surface area (Å²) in [7, 11) is 3.42. The van der Waals surface area contributed by atoms with E-state index >= 15 is 0 Å². The fourth-order valence-corrected chi connectivity index (χ4v) is 3.34. The van der Waals surface area contributed by atoms with Gasteiger partial charge < -0.3 is 19.1 Å². The summed E-state index contributed by atoms with van der Waals surface area (Å²) in [5, 5.41) is 10.4. The number of hydrogen-bond acceptors (Lipinski definition) is 4. The lowest BCUT2D eigenvalue weighted by molar-refractivity contribution is 0.282. The number of ether oxygens (including phenoxy) is 2. The summed E-state index contributed by atoms with van der Waals surface area (Å²) in [6.45, 7) is -0.159. The molecule has 148 valence electrons. The maximum Gasteiger partial charge on any atom is 0.238 e. The molecule has 0 atom stereocenters. The van der Waals surface area contributed by atoms with Crippen LogP contribution in [0.2, 0.25) is 0 Å². The number of pyridine rings is 1. The van der Waals surface area contributed by atoms with E-state index in [0.29, 0.717) is 22.8 Å². The highest BCUT2D eigenvalue weighted by molar-refractivity contribution is 5.99. The number of rotatable bonds is 5.